The number of nitrogens with one attached hydrogen (secondary N) is 2. The van der Waals surface area contributed by atoms with Gasteiger partial charge in [-0.25, -0.2) is 4.99 Å². The highest BCUT2D eigenvalue weighted by Crippen LogP contribution is 2.32. The summed E-state index contributed by atoms with van der Waals surface area (Å²) in [6, 6.07) is 14.0. The highest BCUT2D eigenvalue weighted by atomic mass is 16.7. The van der Waals surface area contributed by atoms with Crippen molar-refractivity contribution in [3.05, 3.63) is 72.1 Å². The lowest BCUT2D eigenvalue weighted by atomic mass is 10.2. The van der Waals surface area contributed by atoms with E-state index in [-0.39, 0.29) is 18.7 Å². The van der Waals surface area contributed by atoms with E-state index in [2.05, 4.69) is 20.6 Å². The molecule has 0 saturated carbocycles. The number of carbonyl (C=O) groups excluding carboxylic acids is 1. The summed E-state index contributed by atoms with van der Waals surface area (Å²) in [5.74, 6) is 2.23. The lowest BCUT2D eigenvalue weighted by Gasteiger charge is -2.14. The lowest BCUT2D eigenvalue weighted by Crippen LogP contribution is -2.36. The van der Waals surface area contributed by atoms with E-state index in [9.17, 15) is 4.79 Å². The molecule has 0 bridgehead atoms. The third-order valence-corrected chi connectivity index (χ3v) is 4.62. The van der Waals surface area contributed by atoms with Crippen LogP contribution in [0.4, 0.5) is 5.69 Å². The first-order chi connectivity index (χ1) is 15.6. The van der Waals surface area contributed by atoms with Crippen LogP contribution in [0.15, 0.2) is 65.9 Å². The maximum atomic E-state index is 12.9. The average molecular weight is 434 g/mol. The smallest absolute Gasteiger partial charge is 0.258 e. The third-order valence-electron chi connectivity index (χ3n) is 4.62. The van der Waals surface area contributed by atoms with Gasteiger partial charge in [-0.05, 0) is 29.8 Å². The van der Waals surface area contributed by atoms with Gasteiger partial charge in [0.25, 0.3) is 5.91 Å². The van der Waals surface area contributed by atoms with Gasteiger partial charge < -0.3 is 24.3 Å². The van der Waals surface area contributed by atoms with Crippen LogP contribution < -0.4 is 29.6 Å². The van der Waals surface area contributed by atoms with E-state index < -0.39 is 0 Å². The highest BCUT2D eigenvalue weighted by molar-refractivity contribution is 6.10. The van der Waals surface area contributed by atoms with Crippen LogP contribution in [0.1, 0.15) is 15.9 Å². The van der Waals surface area contributed by atoms with Crippen molar-refractivity contribution in [3.8, 4) is 23.0 Å². The zero-order chi connectivity index (χ0) is 22.3. The molecule has 32 heavy (non-hydrogen) atoms. The second-order valence-corrected chi connectivity index (χ2v) is 6.77. The molecule has 9 heteroatoms. The van der Waals surface area contributed by atoms with Crippen LogP contribution in [0.3, 0.4) is 0 Å². The molecule has 1 aliphatic rings. The Kier molecular flexibility index (Phi) is 6.35. The number of guanidine groups is 1. The summed E-state index contributed by atoms with van der Waals surface area (Å²) >= 11 is 0. The first-order valence-corrected chi connectivity index (χ1v) is 9.79. The molecule has 1 aromatic heterocycles. The monoisotopic (exact) mass is 434 g/mol. The summed E-state index contributed by atoms with van der Waals surface area (Å²) < 4.78 is 21.3. The van der Waals surface area contributed by atoms with Crippen LogP contribution in [0.5, 0.6) is 23.0 Å². The Balaban J connectivity index is 1.58. The number of pyridine rings is 1. The summed E-state index contributed by atoms with van der Waals surface area (Å²) in [5, 5.41) is 5.95. The molecule has 1 aliphatic heterocycles. The summed E-state index contributed by atoms with van der Waals surface area (Å²) in [6.07, 6.45) is 3.41. The number of nitrogens with zero attached hydrogens (tertiary/aromatic N) is 2. The molecule has 2 N–H and O–H groups in total. The SMILES string of the molecule is COc1cc(NC(=NCc2cccnc2)NC(=O)c2ccc3c(c2)OCO3)cc(OC)c1. The molecule has 2 aromatic carbocycles. The first kappa shape index (κ1) is 21.0. The standard InChI is InChI=1S/C23H22N4O5/c1-29-18-9-17(10-19(11-18)30-2)26-23(25-13-15-4-3-7-24-12-15)27-22(28)16-5-6-20-21(8-16)32-14-31-20/h3-12H,13-14H2,1-2H3,(H2,25,26,27,28). The number of hydrogen-bond acceptors (Lipinski definition) is 7. The van der Waals surface area contributed by atoms with Crippen LogP contribution in [-0.2, 0) is 6.54 Å². The van der Waals surface area contributed by atoms with Gasteiger partial charge in [0.1, 0.15) is 11.5 Å². The van der Waals surface area contributed by atoms with Crippen molar-refractivity contribution in [2.24, 2.45) is 4.99 Å². The van der Waals surface area contributed by atoms with Crippen LogP contribution in [-0.4, -0.2) is 37.9 Å². The van der Waals surface area contributed by atoms with Gasteiger partial charge in [0, 0.05) is 41.8 Å². The van der Waals surface area contributed by atoms with E-state index in [1.165, 1.54) is 0 Å². The highest BCUT2D eigenvalue weighted by Gasteiger charge is 2.17. The second kappa shape index (κ2) is 9.69. The Morgan fingerprint density at radius 1 is 1.06 bits per heavy atom. The predicted octanol–water partition coefficient (Wildman–Crippen LogP) is 3.23. The number of fused-ring (bicyclic) bond motifs is 1. The number of anilines is 1. The summed E-state index contributed by atoms with van der Waals surface area (Å²) in [6.45, 7) is 0.455. The number of rotatable bonds is 6. The molecular weight excluding hydrogens is 412 g/mol. The molecule has 3 aromatic rings. The van der Waals surface area contributed by atoms with Gasteiger partial charge in [0.15, 0.2) is 11.5 Å². The summed E-state index contributed by atoms with van der Waals surface area (Å²) in [5.41, 5.74) is 1.94. The summed E-state index contributed by atoms with van der Waals surface area (Å²) in [7, 11) is 3.13. The van der Waals surface area contributed by atoms with Crippen molar-refractivity contribution in [2.75, 3.05) is 26.3 Å². The first-order valence-electron chi connectivity index (χ1n) is 9.79. The number of benzene rings is 2. The zero-order valence-corrected chi connectivity index (χ0v) is 17.6. The van der Waals surface area contributed by atoms with Crippen molar-refractivity contribution in [1.82, 2.24) is 10.3 Å². The van der Waals surface area contributed by atoms with Gasteiger partial charge in [-0.15, -0.1) is 0 Å². The van der Waals surface area contributed by atoms with Gasteiger partial charge in [-0.3, -0.25) is 15.1 Å². The van der Waals surface area contributed by atoms with Gasteiger partial charge in [-0.1, -0.05) is 6.07 Å². The minimum absolute atomic E-state index is 0.136. The Morgan fingerprint density at radius 3 is 2.56 bits per heavy atom. The normalized spacial score (nSPS) is 12.2. The Bertz CT molecular complexity index is 1110. The number of methoxy groups -OCH3 is 2. The molecule has 0 radical (unpaired) electrons. The van der Waals surface area contributed by atoms with Gasteiger partial charge in [0.2, 0.25) is 12.8 Å². The minimum Gasteiger partial charge on any atom is -0.497 e. The van der Waals surface area contributed by atoms with Crippen LogP contribution in [0, 0.1) is 0 Å². The fourth-order valence-electron chi connectivity index (χ4n) is 3.01. The van der Waals surface area contributed by atoms with E-state index in [4.69, 9.17) is 18.9 Å². The van der Waals surface area contributed by atoms with E-state index in [0.717, 1.165) is 5.56 Å². The van der Waals surface area contributed by atoms with E-state index in [0.29, 0.717) is 40.8 Å². The van der Waals surface area contributed by atoms with Crippen molar-refractivity contribution >= 4 is 17.6 Å². The number of aliphatic imine (C=N–C) groups is 1. The molecule has 4 rings (SSSR count). The Hall–Kier alpha value is -4.27. The predicted molar refractivity (Wildman–Crippen MR) is 119 cm³/mol. The number of ether oxygens (including phenoxy) is 4. The van der Waals surface area contributed by atoms with E-state index >= 15 is 0 Å². The quantitative estimate of drug-likeness (QED) is 0.454. The lowest BCUT2D eigenvalue weighted by molar-refractivity contribution is 0.0976. The van der Waals surface area contributed by atoms with Crippen molar-refractivity contribution < 1.29 is 23.7 Å². The second-order valence-electron chi connectivity index (χ2n) is 6.77. The van der Waals surface area contributed by atoms with Crippen LogP contribution in [0.2, 0.25) is 0 Å². The van der Waals surface area contributed by atoms with E-state index in [1.54, 1.807) is 63.0 Å². The van der Waals surface area contributed by atoms with Crippen molar-refractivity contribution in [3.63, 3.8) is 0 Å². The molecule has 0 spiro atoms. The topological polar surface area (TPSA) is 103 Å². The molecule has 0 atom stereocenters. The molecule has 9 nitrogen and oxygen atoms in total. The molecule has 0 aliphatic carbocycles. The fourth-order valence-corrected chi connectivity index (χ4v) is 3.01. The largest absolute Gasteiger partial charge is 0.497 e. The van der Waals surface area contributed by atoms with Crippen LogP contribution in [0.25, 0.3) is 0 Å². The maximum absolute atomic E-state index is 12.9. The molecule has 1 amide bonds. The van der Waals surface area contributed by atoms with Gasteiger partial charge in [0.05, 0.1) is 20.8 Å². The molecular formula is C23H22N4O5. The molecule has 0 fully saturated rings. The zero-order valence-electron chi connectivity index (χ0n) is 17.6. The van der Waals surface area contributed by atoms with Gasteiger partial charge >= 0.3 is 0 Å². The van der Waals surface area contributed by atoms with Crippen molar-refractivity contribution in [1.29, 1.82) is 0 Å². The Morgan fingerprint density at radius 2 is 1.84 bits per heavy atom. The van der Waals surface area contributed by atoms with Crippen molar-refractivity contribution in [2.45, 2.75) is 6.54 Å². The Labute approximate surface area is 185 Å². The molecule has 164 valence electrons. The van der Waals surface area contributed by atoms with Crippen LogP contribution >= 0.6 is 0 Å². The molecule has 0 saturated heterocycles. The third kappa shape index (κ3) is 5.07. The van der Waals surface area contributed by atoms with E-state index in [1.807, 2.05) is 12.1 Å². The maximum Gasteiger partial charge on any atom is 0.258 e. The minimum atomic E-state index is -0.351. The molecule has 0 unspecified atom stereocenters. The summed E-state index contributed by atoms with van der Waals surface area (Å²) in [4.78, 5) is 21.5. The number of amides is 1. The van der Waals surface area contributed by atoms with Gasteiger partial charge in [-0.2, -0.15) is 0 Å². The number of aromatic nitrogens is 1. The average Bonchev–Trinajstić information content (AvgIpc) is 3.31. The number of hydrogen-bond donors (Lipinski definition) is 2. The fraction of sp³-hybridized carbons (Fsp3) is 0.174. The number of carbonyl (C=O) groups is 1. The molecule has 2 heterocycles.